The Balaban J connectivity index is 0.00000200. The maximum Gasteiger partial charge on any atom is 0.341 e. The fourth-order valence-electron chi connectivity index (χ4n) is 1.61. The SMILES string of the molecule is COC(=O)c1ccccc1Oc1ccc(N)cc1N.Cl.Cl. The van der Waals surface area contributed by atoms with Gasteiger partial charge in [-0.05, 0) is 30.3 Å². The fourth-order valence-corrected chi connectivity index (χ4v) is 1.61. The van der Waals surface area contributed by atoms with Gasteiger partial charge in [0.05, 0.1) is 12.8 Å². The molecular formula is C14H16Cl2N2O3. The van der Waals surface area contributed by atoms with Gasteiger partial charge >= 0.3 is 5.97 Å². The summed E-state index contributed by atoms with van der Waals surface area (Å²) >= 11 is 0. The highest BCUT2D eigenvalue weighted by Crippen LogP contribution is 2.31. The summed E-state index contributed by atoms with van der Waals surface area (Å²) in [5.74, 6) is 0.348. The molecular weight excluding hydrogens is 315 g/mol. The quantitative estimate of drug-likeness (QED) is 0.666. The smallest absolute Gasteiger partial charge is 0.341 e. The van der Waals surface area contributed by atoms with Crippen molar-refractivity contribution in [2.24, 2.45) is 0 Å². The van der Waals surface area contributed by atoms with Crippen LogP contribution in [0.5, 0.6) is 11.5 Å². The van der Waals surface area contributed by atoms with Crippen molar-refractivity contribution in [3.63, 3.8) is 0 Å². The molecule has 0 unspecified atom stereocenters. The van der Waals surface area contributed by atoms with Gasteiger partial charge in [-0.3, -0.25) is 0 Å². The van der Waals surface area contributed by atoms with Crippen LogP contribution in [0, 0.1) is 0 Å². The Hall–Kier alpha value is -2.11. The first-order chi connectivity index (χ1) is 9.11. The van der Waals surface area contributed by atoms with E-state index >= 15 is 0 Å². The standard InChI is InChI=1S/C14H14N2O3.2ClH/c1-18-14(17)10-4-2-3-5-12(10)19-13-7-6-9(15)8-11(13)16;;/h2-8H,15-16H2,1H3;2*1H. The Morgan fingerprint density at radius 2 is 1.67 bits per heavy atom. The highest BCUT2D eigenvalue weighted by Gasteiger charge is 2.13. The number of methoxy groups -OCH3 is 1. The number of halogens is 2. The summed E-state index contributed by atoms with van der Waals surface area (Å²) in [5.41, 5.74) is 12.7. The van der Waals surface area contributed by atoms with Gasteiger partial charge in [0.1, 0.15) is 17.1 Å². The van der Waals surface area contributed by atoms with Gasteiger partial charge in [-0.15, -0.1) is 24.8 Å². The number of carbonyl (C=O) groups is 1. The molecule has 0 saturated carbocycles. The summed E-state index contributed by atoms with van der Waals surface area (Å²) in [6.45, 7) is 0. The highest BCUT2D eigenvalue weighted by molar-refractivity contribution is 5.92. The van der Waals surface area contributed by atoms with Gasteiger partial charge in [0.2, 0.25) is 0 Å². The zero-order valence-corrected chi connectivity index (χ0v) is 12.9. The molecule has 2 rings (SSSR count). The molecule has 0 radical (unpaired) electrons. The number of ether oxygens (including phenoxy) is 2. The molecule has 0 aliphatic rings. The lowest BCUT2D eigenvalue weighted by Crippen LogP contribution is -2.04. The van der Waals surface area contributed by atoms with Crippen LogP contribution in [0.25, 0.3) is 0 Å². The third-order valence-electron chi connectivity index (χ3n) is 2.55. The van der Waals surface area contributed by atoms with Crippen LogP contribution < -0.4 is 16.2 Å². The van der Waals surface area contributed by atoms with Gasteiger partial charge in [-0.2, -0.15) is 0 Å². The van der Waals surface area contributed by atoms with Crippen LogP contribution >= 0.6 is 24.8 Å². The van der Waals surface area contributed by atoms with Crippen LogP contribution in [0.4, 0.5) is 11.4 Å². The molecule has 0 saturated heterocycles. The predicted octanol–water partition coefficient (Wildman–Crippen LogP) is 3.27. The number of esters is 1. The van der Waals surface area contributed by atoms with Crippen molar-refractivity contribution >= 4 is 42.2 Å². The van der Waals surface area contributed by atoms with E-state index in [1.54, 1.807) is 42.5 Å². The van der Waals surface area contributed by atoms with E-state index < -0.39 is 5.97 Å². The lowest BCUT2D eigenvalue weighted by Gasteiger charge is -2.11. The van der Waals surface area contributed by atoms with Crippen molar-refractivity contribution in [3.05, 3.63) is 48.0 Å². The van der Waals surface area contributed by atoms with Crippen LogP contribution in [0.15, 0.2) is 42.5 Å². The summed E-state index contributed by atoms with van der Waals surface area (Å²) in [5, 5.41) is 0. The molecule has 0 bridgehead atoms. The molecule has 7 heteroatoms. The zero-order chi connectivity index (χ0) is 13.8. The maximum absolute atomic E-state index is 11.6. The van der Waals surface area contributed by atoms with Crippen molar-refractivity contribution in [2.45, 2.75) is 0 Å². The Bertz CT molecular complexity index is 621. The van der Waals surface area contributed by atoms with Crippen LogP contribution in [0.3, 0.4) is 0 Å². The number of rotatable bonds is 3. The van der Waals surface area contributed by atoms with E-state index in [9.17, 15) is 4.79 Å². The number of hydrogen-bond acceptors (Lipinski definition) is 5. The average Bonchev–Trinajstić information content (AvgIpc) is 2.41. The van der Waals surface area contributed by atoms with Crippen LogP contribution in [0.2, 0.25) is 0 Å². The second-order valence-electron chi connectivity index (χ2n) is 3.89. The minimum Gasteiger partial charge on any atom is -0.465 e. The molecule has 0 aromatic heterocycles. The molecule has 4 N–H and O–H groups in total. The minimum absolute atomic E-state index is 0. The molecule has 2 aromatic carbocycles. The Kier molecular flexibility index (Phi) is 7.41. The Labute approximate surface area is 135 Å². The van der Waals surface area contributed by atoms with E-state index in [0.717, 1.165) is 0 Å². The van der Waals surface area contributed by atoms with Gasteiger partial charge < -0.3 is 20.9 Å². The number of nitrogen functional groups attached to an aromatic ring is 2. The highest BCUT2D eigenvalue weighted by atomic mass is 35.5. The number of benzene rings is 2. The van der Waals surface area contributed by atoms with Crippen molar-refractivity contribution in [1.29, 1.82) is 0 Å². The summed E-state index contributed by atoms with van der Waals surface area (Å²) in [6, 6.07) is 11.7. The monoisotopic (exact) mass is 330 g/mol. The summed E-state index contributed by atoms with van der Waals surface area (Å²) in [7, 11) is 1.32. The molecule has 21 heavy (non-hydrogen) atoms. The van der Waals surface area contributed by atoms with E-state index in [-0.39, 0.29) is 24.8 Å². The van der Waals surface area contributed by atoms with Gasteiger partial charge in [0.15, 0.2) is 0 Å². The Morgan fingerprint density at radius 1 is 1.00 bits per heavy atom. The van der Waals surface area contributed by atoms with Crippen LogP contribution in [-0.4, -0.2) is 13.1 Å². The second kappa shape index (κ2) is 8.24. The summed E-state index contributed by atoms with van der Waals surface area (Å²) < 4.78 is 10.3. The topological polar surface area (TPSA) is 87.6 Å². The molecule has 0 heterocycles. The maximum atomic E-state index is 11.6. The van der Waals surface area contributed by atoms with E-state index in [4.69, 9.17) is 20.9 Å². The molecule has 0 atom stereocenters. The van der Waals surface area contributed by atoms with E-state index in [2.05, 4.69) is 0 Å². The molecule has 0 amide bonds. The van der Waals surface area contributed by atoms with Crippen molar-refractivity contribution in [2.75, 3.05) is 18.6 Å². The van der Waals surface area contributed by atoms with Gasteiger partial charge in [0.25, 0.3) is 0 Å². The van der Waals surface area contributed by atoms with Crippen LogP contribution in [-0.2, 0) is 4.74 Å². The predicted molar refractivity (Wildman–Crippen MR) is 87.6 cm³/mol. The molecule has 0 aliphatic heterocycles. The lowest BCUT2D eigenvalue weighted by atomic mass is 10.2. The number of hydrogen-bond donors (Lipinski definition) is 2. The van der Waals surface area contributed by atoms with Gasteiger partial charge in [-0.1, -0.05) is 12.1 Å². The molecule has 2 aromatic rings. The van der Waals surface area contributed by atoms with E-state index in [1.165, 1.54) is 7.11 Å². The minimum atomic E-state index is -0.468. The number of anilines is 2. The average molecular weight is 331 g/mol. The molecule has 0 fully saturated rings. The number of carbonyl (C=O) groups excluding carboxylic acids is 1. The van der Waals surface area contributed by atoms with E-state index in [1.807, 2.05) is 0 Å². The number of nitrogens with two attached hydrogens (primary N) is 2. The fraction of sp³-hybridized carbons (Fsp3) is 0.0714. The van der Waals surface area contributed by atoms with Crippen molar-refractivity contribution < 1.29 is 14.3 Å². The third-order valence-corrected chi connectivity index (χ3v) is 2.55. The van der Waals surface area contributed by atoms with Gasteiger partial charge in [-0.25, -0.2) is 4.79 Å². The third kappa shape index (κ3) is 4.44. The lowest BCUT2D eigenvalue weighted by molar-refractivity contribution is 0.0598. The summed E-state index contributed by atoms with van der Waals surface area (Å²) in [4.78, 5) is 11.6. The normalized spacial score (nSPS) is 9.00. The van der Waals surface area contributed by atoms with Crippen molar-refractivity contribution in [3.8, 4) is 11.5 Å². The zero-order valence-electron chi connectivity index (χ0n) is 11.2. The van der Waals surface area contributed by atoms with Gasteiger partial charge in [0, 0.05) is 5.69 Å². The van der Waals surface area contributed by atoms with E-state index in [0.29, 0.717) is 28.4 Å². The molecule has 5 nitrogen and oxygen atoms in total. The molecule has 0 aliphatic carbocycles. The first-order valence-corrected chi connectivity index (χ1v) is 5.62. The summed E-state index contributed by atoms with van der Waals surface area (Å²) in [6.07, 6.45) is 0. The number of para-hydroxylation sites is 1. The van der Waals surface area contributed by atoms with Crippen LogP contribution in [0.1, 0.15) is 10.4 Å². The second-order valence-corrected chi connectivity index (χ2v) is 3.89. The Morgan fingerprint density at radius 3 is 2.29 bits per heavy atom. The van der Waals surface area contributed by atoms with Crippen molar-refractivity contribution in [1.82, 2.24) is 0 Å². The molecule has 0 spiro atoms. The molecule has 114 valence electrons. The first-order valence-electron chi connectivity index (χ1n) is 5.62. The first kappa shape index (κ1) is 18.9. The largest absolute Gasteiger partial charge is 0.465 e.